The zero-order chi connectivity index (χ0) is 15.0. The number of hydrogen-bond donors (Lipinski definition) is 1. The lowest BCUT2D eigenvalue weighted by atomic mass is 9.99. The molecule has 3 rings (SSSR count). The Hall–Kier alpha value is -0.700. The number of carbonyl (C=O) groups excluding carboxylic acids is 1. The first-order chi connectivity index (χ1) is 10.0. The van der Waals surface area contributed by atoms with Gasteiger partial charge in [0, 0.05) is 26.2 Å². The van der Waals surface area contributed by atoms with Crippen LogP contribution in [0.5, 0.6) is 0 Å². The Labute approximate surface area is 125 Å². The number of esters is 1. The average Bonchev–Trinajstić information content (AvgIpc) is 3.08. The molecular formula is C13H23N3O4S. The van der Waals surface area contributed by atoms with Crippen molar-refractivity contribution in [3.8, 4) is 0 Å². The molecule has 0 spiro atoms. The monoisotopic (exact) mass is 317 g/mol. The van der Waals surface area contributed by atoms with E-state index in [1.165, 1.54) is 11.4 Å². The van der Waals surface area contributed by atoms with E-state index in [2.05, 4.69) is 5.32 Å². The van der Waals surface area contributed by atoms with E-state index >= 15 is 0 Å². The normalized spacial score (nSPS) is 32.2. The average molecular weight is 317 g/mol. The molecule has 0 radical (unpaired) electrons. The van der Waals surface area contributed by atoms with Crippen molar-refractivity contribution in [2.75, 3.05) is 46.4 Å². The molecule has 3 fully saturated rings. The Bertz CT molecular complexity index is 490. The fourth-order valence-corrected chi connectivity index (χ4v) is 5.41. The van der Waals surface area contributed by atoms with Crippen molar-refractivity contribution in [2.24, 2.45) is 17.8 Å². The molecule has 3 heterocycles. The lowest BCUT2D eigenvalue weighted by Crippen LogP contribution is -2.47. The van der Waals surface area contributed by atoms with E-state index in [1.54, 1.807) is 4.31 Å². The zero-order valence-corrected chi connectivity index (χ0v) is 13.1. The molecule has 0 aromatic heterocycles. The van der Waals surface area contributed by atoms with E-state index in [0.29, 0.717) is 50.9 Å². The van der Waals surface area contributed by atoms with Crippen LogP contribution in [0, 0.1) is 17.8 Å². The molecule has 0 amide bonds. The third-order valence-corrected chi connectivity index (χ3v) is 6.97. The molecule has 7 nitrogen and oxygen atoms in total. The summed E-state index contributed by atoms with van der Waals surface area (Å²) in [5, 5.41) is 3.31. The van der Waals surface area contributed by atoms with Crippen LogP contribution in [-0.4, -0.2) is 69.4 Å². The van der Waals surface area contributed by atoms with Gasteiger partial charge >= 0.3 is 5.97 Å². The molecule has 3 saturated heterocycles. The quantitative estimate of drug-likeness (QED) is 0.694. The summed E-state index contributed by atoms with van der Waals surface area (Å²) in [5.41, 5.74) is 0. The summed E-state index contributed by atoms with van der Waals surface area (Å²) in [6.45, 7) is 3.90. The maximum atomic E-state index is 12.7. The fourth-order valence-electron chi connectivity index (χ4n) is 3.65. The number of carbonyl (C=O) groups is 1. The Morgan fingerprint density at radius 1 is 1.10 bits per heavy atom. The minimum absolute atomic E-state index is 0.163. The van der Waals surface area contributed by atoms with Crippen LogP contribution in [0.2, 0.25) is 0 Å². The Morgan fingerprint density at radius 2 is 1.67 bits per heavy atom. The highest BCUT2D eigenvalue weighted by Crippen LogP contribution is 2.31. The molecule has 3 aliphatic heterocycles. The third-order valence-electron chi connectivity index (χ3n) is 5.00. The summed E-state index contributed by atoms with van der Waals surface area (Å²) >= 11 is 0. The van der Waals surface area contributed by atoms with Gasteiger partial charge in [-0.15, -0.1) is 0 Å². The summed E-state index contributed by atoms with van der Waals surface area (Å²) < 4.78 is 33.3. The second-order valence-corrected chi connectivity index (χ2v) is 8.13. The van der Waals surface area contributed by atoms with Gasteiger partial charge < -0.3 is 10.1 Å². The predicted octanol–water partition coefficient (Wildman–Crippen LogP) is -0.733. The molecule has 21 heavy (non-hydrogen) atoms. The number of fused-ring (bicyclic) bond motifs is 1. The molecule has 0 unspecified atom stereocenters. The van der Waals surface area contributed by atoms with Crippen LogP contribution in [0.1, 0.15) is 12.8 Å². The van der Waals surface area contributed by atoms with Crippen molar-refractivity contribution in [3.05, 3.63) is 0 Å². The maximum absolute atomic E-state index is 12.7. The second-order valence-electron chi connectivity index (χ2n) is 6.20. The van der Waals surface area contributed by atoms with Gasteiger partial charge in [0.1, 0.15) is 0 Å². The molecule has 8 heteroatoms. The lowest BCUT2D eigenvalue weighted by molar-refractivity contribution is -0.146. The van der Waals surface area contributed by atoms with Crippen LogP contribution in [0.3, 0.4) is 0 Å². The number of rotatable bonds is 3. The Kier molecular flexibility index (Phi) is 4.22. The van der Waals surface area contributed by atoms with E-state index in [9.17, 15) is 13.2 Å². The van der Waals surface area contributed by atoms with Gasteiger partial charge in [0.2, 0.25) is 0 Å². The van der Waals surface area contributed by atoms with Crippen molar-refractivity contribution in [1.82, 2.24) is 13.9 Å². The first-order valence-electron chi connectivity index (χ1n) is 7.56. The number of piperidine rings is 1. The van der Waals surface area contributed by atoms with Crippen LogP contribution in [0.15, 0.2) is 0 Å². The van der Waals surface area contributed by atoms with Crippen LogP contribution in [0.25, 0.3) is 0 Å². The molecule has 0 bridgehead atoms. The van der Waals surface area contributed by atoms with E-state index in [4.69, 9.17) is 4.74 Å². The summed E-state index contributed by atoms with van der Waals surface area (Å²) in [6.07, 6.45) is 1.10. The summed E-state index contributed by atoms with van der Waals surface area (Å²) in [5.74, 6) is 0.511. The zero-order valence-electron chi connectivity index (χ0n) is 12.3. The number of nitrogens with one attached hydrogen (secondary N) is 1. The van der Waals surface area contributed by atoms with Gasteiger partial charge in [-0.1, -0.05) is 0 Å². The highest BCUT2D eigenvalue weighted by Gasteiger charge is 2.44. The summed E-state index contributed by atoms with van der Waals surface area (Å²) in [6, 6.07) is 0. The first kappa shape index (κ1) is 15.2. The largest absolute Gasteiger partial charge is 0.469 e. The smallest absolute Gasteiger partial charge is 0.308 e. The van der Waals surface area contributed by atoms with Crippen molar-refractivity contribution in [1.29, 1.82) is 0 Å². The number of ether oxygens (including phenoxy) is 1. The van der Waals surface area contributed by atoms with Gasteiger partial charge in [-0.2, -0.15) is 17.0 Å². The standard InChI is InChI=1S/C13H23N3O4S/c1-20-13(17)10-2-4-15(5-3-10)21(18,19)16-8-11-6-14-7-12(11)9-16/h10-12,14H,2-9H2,1H3/t11-,12+. The minimum atomic E-state index is -3.37. The van der Waals surface area contributed by atoms with Gasteiger partial charge in [-0.25, -0.2) is 0 Å². The lowest BCUT2D eigenvalue weighted by Gasteiger charge is -2.33. The molecule has 0 aromatic rings. The fraction of sp³-hybridized carbons (Fsp3) is 0.923. The molecule has 0 aromatic carbocycles. The van der Waals surface area contributed by atoms with Crippen LogP contribution in [-0.2, 0) is 19.7 Å². The molecule has 0 aliphatic carbocycles. The summed E-state index contributed by atoms with van der Waals surface area (Å²) in [4.78, 5) is 11.5. The van der Waals surface area contributed by atoms with Crippen molar-refractivity contribution < 1.29 is 17.9 Å². The van der Waals surface area contributed by atoms with Gasteiger partial charge in [-0.3, -0.25) is 4.79 Å². The maximum Gasteiger partial charge on any atom is 0.308 e. The van der Waals surface area contributed by atoms with Gasteiger partial charge in [0.05, 0.1) is 13.0 Å². The predicted molar refractivity (Wildman–Crippen MR) is 76.7 cm³/mol. The number of methoxy groups -OCH3 is 1. The Balaban J connectivity index is 1.60. The topological polar surface area (TPSA) is 79.0 Å². The number of nitrogens with zero attached hydrogens (tertiary/aromatic N) is 2. The van der Waals surface area contributed by atoms with E-state index in [-0.39, 0.29) is 11.9 Å². The van der Waals surface area contributed by atoms with E-state index in [1.807, 2.05) is 0 Å². The van der Waals surface area contributed by atoms with Crippen molar-refractivity contribution in [2.45, 2.75) is 12.8 Å². The van der Waals surface area contributed by atoms with Gasteiger partial charge in [0.15, 0.2) is 0 Å². The van der Waals surface area contributed by atoms with Crippen molar-refractivity contribution >= 4 is 16.2 Å². The highest BCUT2D eigenvalue weighted by atomic mass is 32.2. The minimum Gasteiger partial charge on any atom is -0.469 e. The summed E-state index contributed by atoms with van der Waals surface area (Å²) in [7, 11) is -2.00. The van der Waals surface area contributed by atoms with E-state index < -0.39 is 10.2 Å². The molecule has 120 valence electrons. The third kappa shape index (κ3) is 2.81. The van der Waals surface area contributed by atoms with Crippen LogP contribution >= 0.6 is 0 Å². The van der Waals surface area contributed by atoms with Crippen molar-refractivity contribution in [3.63, 3.8) is 0 Å². The molecular weight excluding hydrogens is 294 g/mol. The van der Waals surface area contributed by atoms with Crippen LogP contribution < -0.4 is 5.32 Å². The molecule has 2 atom stereocenters. The molecule has 1 N–H and O–H groups in total. The van der Waals surface area contributed by atoms with Gasteiger partial charge in [-0.05, 0) is 37.8 Å². The highest BCUT2D eigenvalue weighted by molar-refractivity contribution is 7.86. The molecule has 0 saturated carbocycles. The Morgan fingerprint density at radius 3 is 2.19 bits per heavy atom. The van der Waals surface area contributed by atoms with Crippen LogP contribution in [0.4, 0.5) is 0 Å². The molecule has 3 aliphatic rings. The van der Waals surface area contributed by atoms with E-state index in [0.717, 1.165) is 13.1 Å². The SMILES string of the molecule is COC(=O)C1CCN(S(=O)(=O)N2C[C@H]3CNC[C@H]3C2)CC1. The first-order valence-corrected chi connectivity index (χ1v) is 8.96. The number of hydrogen-bond acceptors (Lipinski definition) is 5. The van der Waals surface area contributed by atoms with Gasteiger partial charge in [0.25, 0.3) is 10.2 Å². The second kappa shape index (κ2) is 5.83.